The fraction of sp³-hybridized carbons (Fsp3) is 0.368. The first-order valence-electron chi connectivity index (χ1n) is 8.21. The Balaban J connectivity index is 1.33. The number of carbonyl (C=O) groups excluding carboxylic acids is 1. The first kappa shape index (κ1) is 14.4. The number of likely N-dealkylation sites (tertiary alicyclic amines) is 1. The van der Waals surface area contributed by atoms with Gasteiger partial charge in [-0.25, -0.2) is 0 Å². The summed E-state index contributed by atoms with van der Waals surface area (Å²) < 4.78 is 0. The van der Waals surface area contributed by atoms with Gasteiger partial charge in [-0.2, -0.15) is 0 Å². The van der Waals surface area contributed by atoms with Gasteiger partial charge in [-0.3, -0.25) is 9.78 Å². The molecular weight excluding hydrogens is 286 g/mol. The van der Waals surface area contributed by atoms with Crippen molar-refractivity contribution in [2.75, 3.05) is 31.1 Å². The van der Waals surface area contributed by atoms with Crippen LogP contribution in [0.25, 0.3) is 0 Å². The van der Waals surface area contributed by atoms with Crippen LogP contribution < -0.4 is 4.90 Å². The van der Waals surface area contributed by atoms with Crippen LogP contribution in [0.1, 0.15) is 12.0 Å². The quantitative estimate of drug-likeness (QED) is 0.870. The van der Waals surface area contributed by atoms with Crippen LogP contribution in [-0.2, 0) is 11.2 Å². The molecule has 0 atom stereocenters. The molecule has 0 radical (unpaired) electrons. The number of benzene rings is 1. The number of hydrogen-bond acceptors (Lipinski definition) is 3. The summed E-state index contributed by atoms with van der Waals surface area (Å²) in [4.78, 5) is 20.9. The van der Waals surface area contributed by atoms with Crippen LogP contribution in [-0.4, -0.2) is 42.0 Å². The molecule has 23 heavy (non-hydrogen) atoms. The third-order valence-electron chi connectivity index (χ3n) is 4.95. The predicted octanol–water partition coefficient (Wildman–Crippen LogP) is 2.36. The molecule has 0 unspecified atom stereocenters. The lowest BCUT2D eigenvalue weighted by molar-refractivity contribution is -0.119. The molecule has 4 rings (SSSR count). The van der Waals surface area contributed by atoms with Crippen LogP contribution >= 0.6 is 0 Å². The van der Waals surface area contributed by atoms with Gasteiger partial charge in [0.1, 0.15) is 0 Å². The van der Waals surface area contributed by atoms with Crippen LogP contribution in [0.4, 0.5) is 5.69 Å². The van der Waals surface area contributed by atoms with Gasteiger partial charge in [0, 0.05) is 56.1 Å². The molecule has 2 saturated heterocycles. The molecule has 0 aliphatic carbocycles. The zero-order valence-corrected chi connectivity index (χ0v) is 13.2. The Hall–Kier alpha value is -2.20. The molecule has 118 valence electrons. The number of carbonyl (C=O) groups is 1. The zero-order chi connectivity index (χ0) is 15.7. The van der Waals surface area contributed by atoms with Crippen LogP contribution in [0, 0.1) is 5.41 Å². The third-order valence-corrected chi connectivity index (χ3v) is 4.95. The first-order chi connectivity index (χ1) is 11.2. The monoisotopic (exact) mass is 307 g/mol. The maximum atomic E-state index is 12.4. The lowest BCUT2D eigenvalue weighted by Crippen LogP contribution is -2.57. The van der Waals surface area contributed by atoms with E-state index in [-0.39, 0.29) is 11.3 Å². The molecule has 2 aliphatic heterocycles. The predicted molar refractivity (Wildman–Crippen MR) is 90.2 cm³/mol. The van der Waals surface area contributed by atoms with Gasteiger partial charge in [-0.05, 0) is 30.2 Å². The zero-order valence-electron chi connectivity index (χ0n) is 13.2. The molecule has 1 amide bonds. The van der Waals surface area contributed by atoms with E-state index >= 15 is 0 Å². The van der Waals surface area contributed by atoms with Crippen molar-refractivity contribution in [1.82, 2.24) is 9.88 Å². The van der Waals surface area contributed by atoms with Crippen molar-refractivity contribution in [3.05, 3.63) is 60.4 Å². The molecule has 1 spiro atoms. The Morgan fingerprint density at radius 3 is 2.61 bits per heavy atom. The van der Waals surface area contributed by atoms with Crippen LogP contribution in [0.15, 0.2) is 54.9 Å². The van der Waals surface area contributed by atoms with Gasteiger partial charge in [0.15, 0.2) is 0 Å². The SMILES string of the molecule is O=C1CC2(CN(CCc3cccnc3)C2)CN1c1ccccc1. The Morgan fingerprint density at radius 2 is 1.87 bits per heavy atom. The largest absolute Gasteiger partial charge is 0.312 e. The highest BCUT2D eigenvalue weighted by atomic mass is 16.2. The summed E-state index contributed by atoms with van der Waals surface area (Å²) in [6.45, 7) is 3.97. The average molecular weight is 307 g/mol. The number of rotatable bonds is 4. The second-order valence-electron chi connectivity index (χ2n) is 6.81. The van der Waals surface area contributed by atoms with Crippen molar-refractivity contribution in [2.24, 2.45) is 5.41 Å². The Kier molecular flexibility index (Phi) is 3.62. The summed E-state index contributed by atoms with van der Waals surface area (Å²) in [7, 11) is 0. The number of nitrogens with zero attached hydrogens (tertiary/aromatic N) is 3. The topological polar surface area (TPSA) is 36.4 Å². The molecule has 0 N–H and O–H groups in total. The Labute approximate surface area is 136 Å². The molecule has 1 aromatic heterocycles. The van der Waals surface area contributed by atoms with E-state index in [2.05, 4.69) is 16.0 Å². The van der Waals surface area contributed by atoms with Crippen molar-refractivity contribution in [3.8, 4) is 0 Å². The number of pyridine rings is 1. The maximum Gasteiger partial charge on any atom is 0.227 e. The van der Waals surface area contributed by atoms with E-state index in [1.54, 1.807) is 0 Å². The van der Waals surface area contributed by atoms with E-state index < -0.39 is 0 Å². The minimum atomic E-state index is 0.169. The van der Waals surface area contributed by atoms with Gasteiger partial charge in [-0.15, -0.1) is 0 Å². The summed E-state index contributed by atoms with van der Waals surface area (Å²) in [5, 5.41) is 0. The van der Waals surface area contributed by atoms with E-state index in [9.17, 15) is 4.79 Å². The highest BCUT2D eigenvalue weighted by molar-refractivity contribution is 5.96. The summed E-state index contributed by atoms with van der Waals surface area (Å²) in [5.74, 6) is 0.267. The smallest absolute Gasteiger partial charge is 0.227 e. The molecular formula is C19H21N3O. The fourth-order valence-corrected chi connectivity index (χ4v) is 3.84. The van der Waals surface area contributed by atoms with Gasteiger partial charge in [0.05, 0.1) is 0 Å². The number of amides is 1. The van der Waals surface area contributed by atoms with Crippen molar-refractivity contribution in [2.45, 2.75) is 12.8 Å². The normalized spacial score (nSPS) is 20.0. The number of aromatic nitrogens is 1. The van der Waals surface area contributed by atoms with Gasteiger partial charge in [0.2, 0.25) is 5.91 Å². The third kappa shape index (κ3) is 2.86. The molecule has 0 saturated carbocycles. The Bertz CT molecular complexity index is 680. The second-order valence-corrected chi connectivity index (χ2v) is 6.81. The highest BCUT2D eigenvalue weighted by Gasteiger charge is 2.51. The highest BCUT2D eigenvalue weighted by Crippen LogP contribution is 2.41. The summed E-state index contributed by atoms with van der Waals surface area (Å²) in [6, 6.07) is 14.1. The van der Waals surface area contributed by atoms with Crippen LogP contribution in [0.5, 0.6) is 0 Å². The molecule has 2 aliphatic rings. The lowest BCUT2D eigenvalue weighted by Gasteiger charge is -2.47. The van der Waals surface area contributed by atoms with E-state index in [0.717, 1.165) is 38.3 Å². The van der Waals surface area contributed by atoms with Crippen molar-refractivity contribution in [3.63, 3.8) is 0 Å². The van der Waals surface area contributed by atoms with Gasteiger partial charge in [0.25, 0.3) is 0 Å². The standard InChI is InChI=1S/C19H21N3O/c23-18-11-19(15-22(18)17-6-2-1-3-7-17)13-21(14-19)10-8-16-5-4-9-20-12-16/h1-7,9,12H,8,10-11,13-15H2. The van der Waals surface area contributed by atoms with E-state index in [0.29, 0.717) is 6.42 Å². The first-order valence-corrected chi connectivity index (χ1v) is 8.21. The fourth-order valence-electron chi connectivity index (χ4n) is 3.84. The van der Waals surface area contributed by atoms with Crippen molar-refractivity contribution < 1.29 is 4.79 Å². The molecule has 4 nitrogen and oxygen atoms in total. The van der Waals surface area contributed by atoms with Gasteiger partial charge >= 0.3 is 0 Å². The number of hydrogen-bond donors (Lipinski definition) is 0. The molecule has 3 heterocycles. The molecule has 2 aromatic rings. The van der Waals surface area contributed by atoms with Gasteiger partial charge < -0.3 is 9.80 Å². The van der Waals surface area contributed by atoms with Crippen LogP contribution in [0.2, 0.25) is 0 Å². The van der Waals surface area contributed by atoms with E-state index in [4.69, 9.17) is 0 Å². The summed E-state index contributed by atoms with van der Waals surface area (Å²) in [5.41, 5.74) is 2.48. The van der Waals surface area contributed by atoms with Crippen molar-refractivity contribution >= 4 is 11.6 Å². The second kappa shape index (κ2) is 5.78. The molecule has 0 bridgehead atoms. The van der Waals surface area contributed by atoms with E-state index in [1.165, 1.54) is 5.56 Å². The molecule has 2 fully saturated rings. The molecule has 1 aromatic carbocycles. The summed E-state index contributed by atoms with van der Waals surface area (Å²) in [6.07, 6.45) is 5.46. The minimum Gasteiger partial charge on any atom is -0.312 e. The van der Waals surface area contributed by atoms with Crippen molar-refractivity contribution in [1.29, 1.82) is 0 Å². The van der Waals surface area contributed by atoms with Gasteiger partial charge in [-0.1, -0.05) is 24.3 Å². The van der Waals surface area contributed by atoms with E-state index in [1.807, 2.05) is 53.7 Å². The Morgan fingerprint density at radius 1 is 1.04 bits per heavy atom. The number of para-hydroxylation sites is 1. The average Bonchev–Trinajstić information content (AvgIpc) is 2.91. The molecule has 4 heteroatoms. The maximum absolute atomic E-state index is 12.4. The minimum absolute atomic E-state index is 0.169. The summed E-state index contributed by atoms with van der Waals surface area (Å²) >= 11 is 0. The van der Waals surface area contributed by atoms with Crippen LogP contribution in [0.3, 0.4) is 0 Å². The number of anilines is 1. The lowest BCUT2D eigenvalue weighted by atomic mass is 9.79.